The number of amides is 1. The summed E-state index contributed by atoms with van der Waals surface area (Å²) in [6, 6.07) is 8.65. The molecule has 4 rings (SSSR count). The largest absolute Gasteiger partial charge is 0.480 e. The van der Waals surface area contributed by atoms with Crippen LogP contribution in [0.3, 0.4) is 0 Å². The van der Waals surface area contributed by atoms with E-state index < -0.39 is 23.9 Å². The fourth-order valence-electron chi connectivity index (χ4n) is 2.67. The first-order valence-electron chi connectivity index (χ1n) is 7.78. The zero-order chi connectivity index (χ0) is 19.0. The van der Waals surface area contributed by atoms with Crippen LogP contribution in [0.1, 0.15) is 10.4 Å². The quantitative estimate of drug-likeness (QED) is 0.482. The molecule has 0 aliphatic carbocycles. The van der Waals surface area contributed by atoms with Crippen molar-refractivity contribution >= 4 is 38.9 Å². The summed E-state index contributed by atoms with van der Waals surface area (Å²) in [7, 11) is 0. The highest BCUT2D eigenvalue weighted by Gasteiger charge is 2.20. The number of nitrogens with one attached hydrogen (secondary N) is 2. The molecule has 9 nitrogen and oxygen atoms in total. The number of aliphatic carboxylic acids is 1. The first kappa shape index (κ1) is 16.8. The minimum Gasteiger partial charge on any atom is -0.480 e. The van der Waals surface area contributed by atoms with Gasteiger partial charge in [-0.25, -0.2) is 9.50 Å². The molecule has 10 heteroatoms. The molecule has 0 aliphatic heterocycles. The van der Waals surface area contributed by atoms with Crippen LogP contribution in [0.4, 0.5) is 0 Å². The number of carboxylic acid groups (broad SMARTS) is 1. The molecule has 4 aromatic rings. The van der Waals surface area contributed by atoms with Gasteiger partial charge in [-0.2, -0.15) is 0 Å². The normalized spacial score (nSPS) is 11.0. The van der Waals surface area contributed by atoms with Crippen molar-refractivity contribution in [1.82, 2.24) is 19.9 Å². The van der Waals surface area contributed by atoms with Crippen LogP contribution in [0, 0.1) is 0 Å². The second kappa shape index (κ2) is 6.57. The molecule has 3 heterocycles. The zero-order valence-electron chi connectivity index (χ0n) is 13.6. The first-order valence-corrected chi connectivity index (χ1v) is 8.66. The van der Waals surface area contributed by atoms with Crippen molar-refractivity contribution in [2.45, 2.75) is 0 Å². The maximum Gasteiger partial charge on any atom is 0.322 e. The number of hydrogen-bond acceptors (Lipinski definition) is 6. The van der Waals surface area contributed by atoms with Crippen molar-refractivity contribution in [2.24, 2.45) is 0 Å². The Morgan fingerprint density at radius 1 is 1.33 bits per heavy atom. The van der Waals surface area contributed by atoms with Crippen molar-refractivity contribution < 1.29 is 19.4 Å². The topological polar surface area (TPSA) is 126 Å². The highest BCUT2D eigenvalue weighted by Crippen LogP contribution is 2.32. The van der Waals surface area contributed by atoms with Crippen molar-refractivity contribution in [1.29, 1.82) is 0 Å². The minimum absolute atomic E-state index is 0.0397. The molecule has 0 atom stereocenters. The van der Waals surface area contributed by atoms with Crippen LogP contribution in [-0.2, 0) is 4.79 Å². The second-order valence-corrected chi connectivity index (χ2v) is 6.48. The zero-order valence-corrected chi connectivity index (χ0v) is 14.4. The Kier molecular flexibility index (Phi) is 4.09. The molecule has 0 unspecified atom stereocenters. The number of carboxylic acids is 1. The number of nitrogens with zero attached hydrogens (tertiary/aromatic N) is 2. The molecule has 27 heavy (non-hydrogen) atoms. The van der Waals surface area contributed by atoms with Gasteiger partial charge in [-0.15, -0.1) is 11.3 Å². The van der Waals surface area contributed by atoms with E-state index in [0.29, 0.717) is 5.75 Å². The molecule has 0 fully saturated rings. The lowest BCUT2D eigenvalue weighted by atomic mass is 10.2. The molecule has 1 amide bonds. The molecule has 0 spiro atoms. The average Bonchev–Trinajstić information content (AvgIpc) is 3.29. The summed E-state index contributed by atoms with van der Waals surface area (Å²) in [4.78, 5) is 39.3. The Balaban J connectivity index is 1.78. The predicted octanol–water partition coefficient (Wildman–Crippen LogP) is 1.84. The highest BCUT2D eigenvalue weighted by atomic mass is 32.1. The Hall–Kier alpha value is -3.66. The van der Waals surface area contributed by atoms with Crippen molar-refractivity contribution in [3.8, 4) is 11.6 Å². The number of carbonyl (C=O) groups excluding carboxylic acids is 1. The van der Waals surface area contributed by atoms with E-state index in [1.54, 1.807) is 17.4 Å². The Morgan fingerprint density at radius 2 is 2.19 bits per heavy atom. The van der Waals surface area contributed by atoms with E-state index in [1.165, 1.54) is 10.8 Å². The number of H-pyrrole nitrogens is 1. The molecule has 0 saturated carbocycles. The third kappa shape index (κ3) is 3.02. The number of fused-ring (bicyclic) bond motifs is 2. The van der Waals surface area contributed by atoms with Crippen LogP contribution in [0.25, 0.3) is 15.7 Å². The molecule has 1 aromatic carbocycles. The molecule has 0 aliphatic rings. The highest BCUT2D eigenvalue weighted by molar-refractivity contribution is 7.17. The number of thiophene rings is 1. The van der Waals surface area contributed by atoms with Gasteiger partial charge in [0.15, 0.2) is 5.65 Å². The Morgan fingerprint density at radius 3 is 3.00 bits per heavy atom. The number of hydrogen-bond donors (Lipinski definition) is 3. The summed E-state index contributed by atoms with van der Waals surface area (Å²) in [6.07, 6.45) is 1.31. The lowest BCUT2D eigenvalue weighted by Crippen LogP contribution is -2.33. The van der Waals surface area contributed by atoms with E-state index in [4.69, 9.17) is 9.84 Å². The van der Waals surface area contributed by atoms with E-state index >= 15 is 0 Å². The van der Waals surface area contributed by atoms with Gasteiger partial charge >= 0.3 is 5.97 Å². The number of aromatic amines is 1. The van der Waals surface area contributed by atoms with E-state index in [0.717, 1.165) is 16.2 Å². The third-order valence-corrected chi connectivity index (χ3v) is 4.71. The van der Waals surface area contributed by atoms with Gasteiger partial charge in [-0.05, 0) is 23.6 Å². The summed E-state index contributed by atoms with van der Waals surface area (Å²) in [6.45, 7) is -0.604. The minimum atomic E-state index is -1.22. The standard InChI is InChI=1S/C17H12N4O5S/c22-10-6-13(26-11-2-1-3-12-9(11)4-5-27-12)21-16(19-8-20-21)15(10)17(25)18-7-14(23)24/h1-6,8H,7H2,(H,18,25)(H,19,20)(H,23,24). The maximum absolute atomic E-state index is 12.5. The molecule has 0 saturated heterocycles. The van der Waals surface area contributed by atoms with Crippen molar-refractivity contribution in [3.05, 3.63) is 57.8 Å². The summed E-state index contributed by atoms with van der Waals surface area (Å²) < 4.78 is 8.29. The van der Waals surface area contributed by atoms with Gasteiger partial charge in [0.25, 0.3) is 5.91 Å². The monoisotopic (exact) mass is 384 g/mol. The van der Waals surface area contributed by atoms with Crippen molar-refractivity contribution in [3.63, 3.8) is 0 Å². The number of ether oxygens (including phenoxy) is 1. The first-order chi connectivity index (χ1) is 13.0. The molecule has 136 valence electrons. The van der Waals surface area contributed by atoms with Crippen LogP contribution in [0.15, 0.2) is 46.8 Å². The molecular weight excluding hydrogens is 372 g/mol. The lowest BCUT2D eigenvalue weighted by Gasteiger charge is -2.10. The molecular formula is C17H12N4O5S. The third-order valence-electron chi connectivity index (χ3n) is 3.83. The lowest BCUT2D eigenvalue weighted by molar-refractivity contribution is -0.135. The van der Waals surface area contributed by atoms with Crippen LogP contribution in [0.5, 0.6) is 11.6 Å². The summed E-state index contributed by atoms with van der Waals surface area (Å²) in [5, 5.41) is 16.5. The average molecular weight is 384 g/mol. The summed E-state index contributed by atoms with van der Waals surface area (Å²) in [5.41, 5.74) is -0.853. The van der Waals surface area contributed by atoms with E-state index in [2.05, 4.69) is 15.4 Å². The molecule has 3 N–H and O–H groups in total. The smallest absolute Gasteiger partial charge is 0.322 e. The molecule has 0 radical (unpaired) electrons. The van der Waals surface area contributed by atoms with Gasteiger partial charge in [0.05, 0.1) is 0 Å². The van der Waals surface area contributed by atoms with Gasteiger partial charge in [0.2, 0.25) is 11.3 Å². The number of rotatable bonds is 5. The number of pyridine rings is 1. The van der Waals surface area contributed by atoms with Gasteiger partial charge in [-0.3, -0.25) is 19.5 Å². The summed E-state index contributed by atoms with van der Waals surface area (Å²) in [5.74, 6) is -1.33. The van der Waals surface area contributed by atoms with Crippen LogP contribution < -0.4 is 15.5 Å². The van der Waals surface area contributed by atoms with E-state index in [1.807, 2.05) is 23.6 Å². The van der Waals surface area contributed by atoms with Crippen LogP contribution in [-0.4, -0.2) is 38.1 Å². The van der Waals surface area contributed by atoms with E-state index in [-0.39, 0.29) is 17.1 Å². The van der Waals surface area contributed by atoms with Crippen LogP contribution in [0.2, 0.25) is 0 Å². The SMILES string of the molecule is O=C(O)CNC(=O)c1c(=O)cc(Oc2cccc3sccc23)n2[nH]cnc12. The predicted molar refractivity (Wildman–Crippen MR) is 97.7 cm³/mol. The second-order valence-electron chi connectivity index (χ2n) is 5.54. The molecule has 3 aromatic heterocycles. The number of carbonyl (C=O) groups is 2. The fraction of sp³-hybridized carbons (Fsp3) is 0.0588. The maximum atomic E-state index is 12.5. The van der Waals surface area contributed by atoms with Crippen molar-refractivity contribution in [2.75, 3.05) is 6.54 Å². The summed E-state index contributed by atoms with van der Waals surface area (Å²) >= 11 is 1.57. The number of benzene rings is 1. The Bertz CT molecular complexity index is 1240. The van der Waals surface area contributed by atoms with Gasteiger partial charge < -0.3 is 15.2 Å². The van der Waals surface area contributed by atoms with Crippen LogP contribution >= 0.6 is 11.3 Å². The van der Waals surface area contributed by atoms with Gasteiger partial charge in [-0.1, -0.05) is 6.07 Å². The molecule has 0 bridgehead atoms. The number of aromatic nitrogens is 3. The fourth-order valence-corrected chi connectivity index (χ4v) is 3.47. The Labute approximate surface area is 154 Å². The van der Waals surface area contributed by atoms with Gasteiger partial charge in [0.1, 0.15) is 24.2 Å². The van der Waals surface area contributed by atoms with E-state index in [9.17, 15) is 14.4 Å². The van der Waals surface area contributed by atoms with Gasteiger partial charge in [0, 0.05) is 16.2 Å².